The third-order valence-corrected chi connectivity index (χ3v) is 3.13. The molecule has 2 aromatic heterocycles. The summed E-state index contributed by atoms with van der Waals surface area (Å²) in [5.74, 6) is 0.162. The number of carboxylic acids is 1. The Morgan fingerprint density at radius 3 is 2.76 bits per heavy atom. The maximum absolute atomic E-state index is 10.9. The van der Waals surface area contributed by atoms with Gasteiger partial charge in [0.25, 0.3) is 0 Å². The van der Waals surface area contributed by atoms with Crippen LogP contribution in [0.25, 0.3) is 5.65 Å². The van der Waals surface area contributed by atoms with E-state index < -0.39 is 5.97 Å². The third kappa shape index (κ3) is 2.43. The van der Waals surface area contributed by atoms with E-state index in [1.807, 2.05) is 19.1 Å². The Hall–Kier alpha value is -2.89. The number of aryl methyl sites for hydroxylation is 2. The Morgan fingerprint density at radius 2 is 2.05 bits per heavy atom. The largest absolute Gasteiger partial charge is 0.478 e. The van der Waals surface area contributed by atoms with Gasteiger partial charge in [0.1, 0.15) is 12.1 Å². The van der Waals surface area contributed by atoms with Crippen LogP contribution < -0.4 is 4.74 Å². The summed E-state index contributed by atoms with van der Waals surface area (Å²) in [6.45, 7) is 3.75. The van der Waals surface area contributed by atoms with Gasteiger partial charge in [0.15, 0.2) is 5.65 Å². The molecule has 6 heteroatoms. The zero-order valence-electron chi connectivity index (χ0n) is 11.6. The molecular formula is C15H13N3O3. The van der Waals surface area contributed by atoms with E-state index in [0.29, 0.717) is 17.3 Å². The minimum Gasteiger partial charge on any atom is -0.478 e. The molecule has 0 unspecified atom stereocenters. The maximum atomic E-state index is 10.9. The van der Waals surface area contributed by atoms with Crippen LogP contribution >= 0.6 is 0 Å². The number of fused-ring (bicyclic) bond motifs is 1. The second kappa shape index (κ2) is 4.90. The second-order valence-electron chi connectivity index (χ2n) is 4.79. The molecule has 0 saturated carbocycles. The Labute approximate surface area is 120 Å². The van der Waals surface area contributed by atoms with E-state index >= 15 is 0 Å². The Kier molecular flexibility index (Phi) is 3.06. The first kappa shape index (κ1) is 13.1. The predicted molar refractivity (Wildman–Crippen MR) is 75.9 cm³/mol. The summed E-state index contributed by atoms with van der Waals surface area (Å²) in [6.07, 6.45) is 1.46. The van der Waals surface area contributed by atoms with Crippen molar-refractivity contribution < 1.29 is 14.6 Å². The first-order valence-corrected chi connectivity index (χ1v) is 6.37. The van der Waals surface area contributed by atoms with Gasteiger partial charge in [-0.25, -0.2) is 9.78 Å². The molecule has 0 aliphatic heterocycles. The lowest BCUT2D eigenvalue weighted by Gasteiger charge is -2.11. The highest BCUT2D eigenvalue weighted by Gasteiger charge is 2.10. The van der Waals surface area contributed by atoms with Crippen molar-refractivity contribution in [3.63, 3.8) is 0 Å². The number of aromatic carboxylic acids is 1. The summed E-state index contributed by atoms with van der Waals surface area (Å²) in [5.41, 5.74) is 2.68. The van der Waals surface area contributed by atoms with Crippen molar-refractivity contribution in [3.8, 4) is 11.6 Å². The van der Waals surface area contributed by atoms with Gasteiger partial charge in [-0.05, 0) is 49.2 Å². The molecule has 1 aromatic carbocycles. The van der Waals surface area contributed by atoms with E-state index in [-0.39, 0.29) is 5.56 Å². The molecule has 106 valence electrons. The molecular weight excluding hydrogens is 270 g/mol. The Morgan fingerprint density at radius 1 is 1.24 bits per heavy atom. The van der Waals surface area contributed by atoms with Gasteiger partial charge in [-0.3, -0.25) is 0 Å². The summed E-state index contributed by atoms with van der Waals surface area (Å²) in [4.78, 5) is 15.1. The Balaban J connectivity index is 2.02. The molecule has 0 amide bonds. The van der Waals surface area contributed by atoms with Crippen LogP contribution in [0.4, 0.5) is 0 Å². The number of carbonyl (C=O) groups is 1. The summed E-state index contributed by atoms with van der Waals surface area (Å²) in [7, 11) is 0. The normalized spacial score (nSPS) is 10.8. The van der Waals surface area contributed by atoms with E-state index in [4.69, 9.17) is 9.84 Å². The number of benzene rings is 1. The second-order valence-corrected chi connectivity index (χ2v) is 4.79. The van der Waals surface area contributed by atoms with E-state index in [2.05, 4.69) is 10.1 Å². The SMILES string of the molecule is Cc1cc(Oc2ccc(C(=O)O)cc2C)n2ncnc2c1. The number of rotatable bonds is 3. The number of hydrogen-bond donors (Lipinski definition) is 1. The molecule has 3 rings (SSSR count). The average molecular weight is 283 g/mol. The van der Waals surface area contributed by atoms with Crippen LogP contribution in [-0.2, 0) is 0 Å². The molecule has 0 aliphatic rings. The van der Waals surface area contributed by atoms with Gasteiger partial charge in [0, 0.05) is 6.07 Å². The quantitative estimate of drug-likeness (QED) is 0.799. The van der Waals surface area contributed by atoms with Crippen LogP contribution in [0.1, 0.15) is 21.5 Å². The van der Waals surface area contributed by atoms with Crippen LogP contribution in [0.3, 0.4) is 0 Å². The zero-order valence-corrected chi connectivity index (χ0v) is 11.6. The summed E-state index contributed by atoms with van der Waals surface area (Å²) in [6, 6.07) is 8.49. The average Bonchev–Trinajstić information content (AvgIpc) is 2.88. The first-order valence-electron chi connectivity index (χ1n) is 6.37. The van der Waals surface area contributed by atoms with Crippen LogP contribution in [0, 0.1) is 13.8 Å². The van der Waals surface area contributed by atoms with Crippen molar-refractivity contribution in [1.29, 1.82) is 0 Å². The van der Waals surface area contributed by atoms with Crippen molar-refractivity contribution in [2.45, 2.75) is 13.8 Å². The fraction of sp³-hybridized carbons (Fsp3) is 0.133. The summed E-state index contributed by atoms with van der Waals surface area (Å²) in [5, 5.41) is 13.1. The predicted octanol–water partition coefficient (Wildman–Crippen LogP) is 2.84. The summed E-state index contributed by atoms with van der Waals surface area (Å²) >= 11 is 0. The van der Waals surface area contributed by atoms with E-state index in [1.165, 1.54) is 12.4 Å². The highest BCUT2D eigenvalue weighted by Crippen LogP contribution is 2.26. The number of hydrogen-bond acceptors (Lipinski definition) is 4. The minimum atomic E-state index is -0.959. The molecule has 1 N–H and O–H groups in total. The topological polar surface area (TPSA) is 76.7 Å². The molecule has 0 bridgehead atoms. The first-order chi connectivity index (χ1) is 10.0. The molecule has 6 nitrogen and oxygen atoms in total. The van der Waals surface area contributed by atoms with E-state index in [9.17, 15) is 4.79 Å². The van der Waals surface area contributed by atoms with Crippen molar-refractivity contribution in [2.75, 3.05) is 0 Å². The highest BCUT2D eigenvalue weighted by atomic mass is 16.5. The summed E-state index contributed by atoms with van der Waals surface area (Å²) < 4.78 is 7.46. The number of pyridine rings is 1. The van der Waals surface area contributed by atoms with Crippen molar-refractivity contribution in [3.05, 3.63) is 53.3 Å². The smallest absolute Gasteiger partial charge is 0.335 e. The fourth-order valence-corrected chi connectivity index (χ4v) is 2.10. The lowest BCUT2D eigenvalue weighted by atomic mass is 10.1. The van der Waals surface area contributed by atoms with Crippen LogP contribution in [0.5, 0.6) is 11.6 Å². The van der Waals surface area contributed by atoms with Gasteiger partial charge in [0.05, 0.1) is 5.56 Å². The molecule has 2 heterocycles. The number of ether oxygens (including phenoxy) is 1. The van der Waals surface area contributed by atoms with Crippen LogP contribution in [0.2, 0.25) is 0 Å². The lowest BCUT2D eigenvalue weighted by Crippen LogP contribution is -2.00. The minimum absolute atomic E-state index is 0.231. The van der Waals surface area contributed by atoms with Crippen LogP contribution in [-0.4, -0.2) is 25.7 Å². The Bertz CT molecular complexity index is 839. The standard InChI is InChI=1S/C15H13N3O3/c1-9-5-13-16-8-17-18(13)14(6-9)21-12-4-3-11(15(19)20)7-10(12)2/h3-8H,1-2H3,(H,19,20). The number of nitrogens with zero attached hydrogens (tertiary/aromatic N) is 3. The van der Waals surface area contributed by atoms with Crippen molar-refractivity contribution >= 4 is 11.6 Å². The molecule has 0 fully saturated rings. The van der Waals surface area contributed by atoms with Crippen molar-refractivity contribution in [1.82, 2.24) is 14.6 Å². The van der Waals surface area contributed by atoms with Gasteiger partial charge < -0.3 is 9.84 Å². The molecule has 0 saturated heterocycles. The van der Waals surface area contributed by atoms with Gasteiger partial charge in [-0.15, -0.1) is 0 Å². The molecule has 0 spiro atoms. The van der Waals surface area contributed by atoms with Gasteiger partial charge in [-0.1, -0.05) is 0 Å². The maximum Gasteiger partial charge on any atom is 0.335 e. The number of carboxylic acid groups (broad SMARTS) is 1. The fourth-order valence-electron chi connectivity index (χ4n) is 2.10. The molecule has 3 aromatic rings. The van der Waals surface area contributed by atoms with E-state index in [1.54, 1.807) is 23.6 Å². The van der Waals surface area contributed by atoms with Crippen molar-refractivity contribution in [2.24, 2.45) is 0 Å². The monoisotopic (exact) mass is 283 g/mol. The zero-order chi connectivity index (χ0) is 15.0. The molecule has 0 radical (unpaired) electrons. The third-order valence-electron chi connectivity index (χ3n) is 3.13. The lowest BCUT2D eigenvalue weighted by molar-refractivity contribution is 0.0697. The van der Waals surface area contributed by atoms with Gasteiger partial charge in [-0.2, -0.15) is 9.61 Å². The van der Waals surface area contributed by atoms with Gasteiger partial charge in [0.2, 0.25) is 5.88 Å². The van der Waals surface area contributed by atoms with E-state index in [0.717, 1.165) is 11.1 Å². The van der Waals surface area contributed by atoms with Gasteiger partial charge >= 0.3 is 5.97 Å². The molecule has 0 aliphatic carbocycles. The molecule has 0 atom stereocenters. The highest BCUT2D eigenvalue weighted by molar-refractivity contribution is 5.88. The molecule has 21 heavy (non-hydrogen) atoms. The van der Waals surface area contributed by atoms with Crippen LogP contribution in [0.15, 0.2) is 36.7 Å². The number of aromatic nitrogens is 3.